The van der Waals surface area contributed by atoms with Gasteiger partial charge in [0.05, 0.1) is 6.61 Å². The minimum absolute atomic E-state index is 0.301. The predicted octanol–water partition coefficient (Wildman–Crippen LogP) is 0.129. The molecule has 0 bridgehead atoms. The molecule has 0 aromatic rings. The van der Waals surface area contributed by atoms with Gasteiger partial charge in [-0.2, -0.15) is 0 Å². The fourth-order valence-corrected chi connectivity index (χ4v) is 2.82. The Bertz CT molecular complexity index is 222. The monoisotopic (exact) mass is 227 g/mol. The highest BCUT2D eigenvalue weighted by Gasteiger charge is 2.32. The number of likely N-dealkylation sites (tertiary alicyclic amines) is 1. The molecule has 2 aliphatic rings. The van der Waals surface area contributed by atoms with Crippen molar-refractivity contribution < 1.29 is 4.74 Å². The molecule has 3 unspecified atom stereocenters. The molecule has 0 aromatic carbocycles. The largest absolute Gasteiger partial charge is 0.380 e. The van der Waals surface area contributed by atoms with E-state index in [4.69, 9.17) is 10.5 Å². The van der Waals surface area contributed by atoms with Gasteiger partial charge in [-0.1, -0.05) is 0 Å². The fraction of sp³-hybridized carbons (Fsp3) is 1.00. The Labute approximate surface area is 98.7 Å². The summed E-state index contributed by atoms with van der Waals surface area (Å²) in [4.78, 5) is 4.87. The quantitative estimate of drug-likeness (QED) is 0.728. The van der Waals surface area contributed by atoms with Gasteiger partial charge in [-0.25, -0.2) is 0 Å². The Balaban J connectivity index is 1.92. The lowest BCUT2D eigenvalue weighted by Crippen LogP contribution is -2.58. The molecule has 0 spiro atoms. The molecule has 0 radical (unpaired) electrons. The SMILES string of the molecule is CN(C)C1CCCN(C2COCCC2N)C1. The maximum atomic E-state index is 6.20. The Kier molecular flexibility index (Phi) is 4.19. The third-order valence-corrected chi connectivity index (χ3v) is 4.01. The third-order valence-electron chi connectivity index (χ3n) is 4.01. The first-order chi connectivity index (χ1) is 7.68. The summed E-state index contributed by atoms with van der Waals surface area (Å²) in [5.41, 5.74) is 6.20. The molecule has 16 heavy (non-hydrogen) atoms. The summed E-state index contributed by atoms with van der Waals surface area (Å²) in [7, 11) is 4.34. The van der Waals surface area contributed by atoms with Crippen LogP contribution in [0.5, 0.6) is 0 Å². The summed E-state index contributed by atoms with van der Waals surface area (Å²) >= 11 is 0. The molecule has 4 nitrogen and oxygen atoms in total. The van der Waals surface area contributed by atoms with Crippen LogP contribution in [-0.2, 0) is 4.74 Å². The first kappa shape index (κ1) is 12.3. The van der Waals surface area contributed by atoms with Crippen molar-refractivity contribution in [3.8, 4) is 0 Å². The minimum Gasteiger partial charge on any atom is -0.380 e. The summed E-state index contributed by atoms with van der Waals surface area (Å²) in [6.45, 7) is 3.99. The van der Waals surface area contributed by atoms with Gasteiger partial charge in [-0.15, -0.1) is 0 Å². The van der Waals surface area contributed by atoms with Crippen molar-refractivity contribution in [2.75, 3.05) is 40.4 Å². The van der Waals surface area contributed by atoms with E-state index in [9.17, 15) is 0 Å². The van der Waals surface area contributed by atoms with Crippen LogP contribution in [0.2, 0.25) is 0 Å². The molecular formula is C12H25N3O. The molecule has 2 fully saturated rings. The zero-order valence-electron chi connectivity index (χ0n) is 10.6. The first-order valence-electron chi connectivity index (χ1n) is 6.42. The molecule has 0 aliphatic carbocycles. The molecule has 0 amide bonds. The van der Waals surface area contributed by atoms with Crippen LogP contribution in [0, 0.1) is 0 Å². The highest BCUT2D eigenvalue weighted by atomic mass is 16.5. The lowest BCUT2D eigenvalue weighted by Gasteiger charge is -2.43. The molecule has 0 aromatic heterocycles. The maximum Gasteiger partial charge on any atom is 0.0636 e. The van der Waals surface area contributed by atoms with Gasteiger partial charge < -0.3 is 15.4 Å². The Morgan fingerprint density at radius 3 is 2.81 bits per heavy atom. The maximum absolute atomic E-state index is 6.20. The summed E-state index contributed by atoms with van der Waals surface area (Å²) in [5, 5.41) is 0. The molecule has 2 heterocycles. The van der Waals surface area contributed by atoms with Gasteiger partial charge in [-0.05, 0) is 39.9 Å². The van der Waals surface area contributed by atoms with Crippen molar-refractivity contribution in [2.24, 2.45) is 5.73 Å². The first-order valence-corrected chi connectivity index (χ1v) is 6.42. The Morgan fingerprint density at radius 2 is 2.12 bits per heavy atom. The normalized spacial score (nSPS) is 37.9. The number of ether oxygens (including phenoxy) is 1. The number of hydrogen-bond donors (Lipinski definition) is 1. The second kappa shape index (κ2) is 5.45. The standard InChI is InChI=1S/C12H25N3O/c1-14(2)10-4-3-6-15(8-10)12-9-16-7-5-11(12)13/h10-12H,3-9,13H2,1-2H3. The zero-order valence-corrected chi connectivity index (χ0v) is 10.6. The van der Waals surface area contributed by atoms with Crippen LogP contribution < -0.4 is 5.73 Å². The lowest BCUT2D eigenvalue weighted by atomic mass is 9.97. The van der Waals surface area contributed by atoms with Gasteiger partial charge in [0.15, 0.2) is 0 Å². The van der Waals surface area contributed by atoms with Crippen molar-refractivity contribution in [3.05, 3.63) is 0 Å². The Morgan fingerprint density at radius 1 is 1.31 bits per heavy atom. The fourth-order valence-electron chi connectivity index (χ4n) is 2.82. The van der Waals surface area contributed by atoms with E-state index in [1.165, 1.54) is 19.4 Å². The van der Waals surface area contributed by atoms with Crippen LogP contribution in [0.1, 0.15) is 19.3 Å². The lowest BCUT2D eigenvalue weighted by molar-refractivity contribution is -0.0130. The van der Waals surface area contributed by atoms with Crippen LogP contribution in [0.15, 0.2) is 0 Å². The van der Waals surface area contributed by atoms with Gasteiger partial charge in [0.25, 0.3) is 0 Å². The van der Waals surface area contributed by atoms with Gasteiger partial charge in [0, 0.05) is 31.3 Å². The highest BCUT2D eigenvalue weighted by molar-refractivity contribution is 4.89. The van der Waals surface area contributed by atoms with Crippen molar-refractivity contribution in [1.29, 1.82) is 0 Å². The van der Waals surface area contributed by atoms with Crippen molar-refractivity contribution in [2.45, 2.75) is 37.4 Å². The van der Waals surface area contributed by atoms with Gasteiger partial charge in [0.2, 0.25) is 0 Å². The second-order valence-corrected chi connectivity index (χ2v) is 5.35. The molecule has 2 saturated heterocycles. The van der Waals surface area contributed by atoms with Crippen molar-refractivity contribution >= 4 is 0 Å². The number of hydrogen-bond acceptors (Lipinski definition) is 4. The third kappa shape index (κ3) is 2.74. The minimum atomic E-state index is 0.301. The molecule has 2 aliphatic heterocycles. The summed E-state index contributed by atoms with van der Waals surface area (Å²) in [6.07, 6.45) is 3.60. The average Bonchev–Trinajstić information content (AvgIpc) is 2.30. The van der Waals surface area contributed by atoms with E-state index in [1.807, 2.05) is 0 Å². The van der Waals surface area contributed by atoms with Gasteiger partial charge in [-0.3, -0.25) is 4.90 Å². The van der Waals surface area contributed by atoms with Crippen LogP contribution in [0.4, 0.5) is 0 Å². The predicted molar refractivity (Wildman–Crippen MR) is 65.5 cm³/mol. The molecule has 4 heteroatoms. The van der Waals surface area contributed by atoms with E-state index >= 15 is 0 Å². The highest BCUT2D eigenvalue weighted by Crippen LogP contribution is 2.20. The topological polar surface area (TPSA) is 41.7 Å². The van der Waals surface area contributed by atoms with E-state index < -0.39 is 0 Å². The van der Waals surface area contributed by atoms with Crippen LogP contribution in [-0.4, -0.2) is 68.3 Å². The molecular weight excluding hydrogens is 202 g/mol. The number of rotatable bonds is 2. The second-order valence-electron chi connectivity index (χ2n) is 5.35. The summed E-state index contributed by atoms with van der Waals surface area (Å²) in [5.74, 6) is 0. The summed E-state index contributed by atoms with van der Waals surface area (Å²) in [6, 6.07) is 1.43. The number of nitrogens with zero attached hydrogens (tertiary/aromatic N) is 2. The van der Waals surface area contributed by atoms with Gasteiger partial charge in [0.1, 0.15) is 0 Å². The number of likely N-dealkylation sites (N-methyl/N-ethyl adjacent to an activating group) is 1. The van der Waals surface area contributed by atoms with E-state index in [-0.39, 0.29) is 0 Å². The molecule has 94 valence electrons. The van der Waals surface area contributed by atoms with Crippen LogP contribution in [0.25, 0.3) is 0 Å². The number of piperidine rings is 1. The van der Waals surface area contributed by atoms with E-state index in [1.54, 1.807) is 0 Å². The van der Waals surface area contributed by atoms with Gasteiger partial charge >= 0.3 is 0 Å². The summed E-state index contributed by atoms with van der Waals surface area (Å²) < 4.78 is 5.57. The van der Waals surface area contributed by atoms with Crippen LogP contribution >= 0.6 is 0 Å². The molecule has 0 saturated carbocycles. The molecule has 2 rings (SSSR count). The van der Waals surface area contributed by atoms with E-state index in [0.717, 1.165) is 26.2 Å². The van der Waals surface area contributed by atoms with Crippen LogP contribution in [0.3, 0.4) is 0 Å². The number of nitrogens with two attached hydrogens (primary N) is 1. The zero-order chi connectivity index (χ0) is 11.5. The Hall–Kier alpha value is -0.160. The average molecular weight is 227 g/mol. The van der Waals surface area contributed by atoms with E-state index in [0.29, 0.717) is 18.1 Å². The molecule has 3 atom stereocenters. The van der Waals surface area contributed by atoms with Crippen molar-refractivity contribution in [3.63, 3.8) is 0 Å². The van der Waals surface area contributed by atoms with E-state index in [2.05, 4.69) is 23.9 Å². The smallest absolute Gasteiger partial charge is 0.0636 e. The van der Waals surface area contributed by atoms with Crippen molar-refractivity contribution in [1.82, 2.24) is 9.80 Å². The molecule has 2 N–H and O–H groups in total.